The van der Waals surface area contributed by atoms with Crippen LogP contribution in [0.3, 0.4) is 0 Å². The molecule has 1 aliphatic rings. The average Bonchev–Trinajstić information content (AvgIpc) is 2.69. The van der Waals surface area contributed by atoms with Crippen LogP contribution in [0.15, 0.2) is 54.6 Å². The van der Waals surface area contributed by atoms with Gasteiger partial charge in [-0.3, -0.25) is 0 Å². The van der Waals surface area contributed by atoms with E-state index in [4.69, 9.17) is 11.6 Å². The highest BCUT2D eigenvalue weighted by Gasteiger charge is 2.11. The summed E-state index contributed by atoms with van der Waals surface area (Å²) in [7, 11) is 0. The van der Waals surface area contributed by atoms with E-state index in [0.717, 1.165) is 36.0 Å². The molecule has 5 nitrogen and oxygen atoms in total. The van der Waals surface area contributed by atoms with Crippen LogP contribution < -0.4 is 15.5 Å². The van der Waals surface area contributed by atoms with Crippen molar-refractivity contribution < 1.29 is 0 Å². The minimum absolute atomic E-state index is 0.537. The maximum Gasteiger partial charge on any atom is 0.229 e. The van der Waals surface area contributed by atoms with Crippen LogP contribution in [0.5, 0.6) is 0 Å². The number of nitrogens with zero attached hydrogens (tertiary/aromatic N) is 3. The normalized spacial score (nSPS) is 14.0. The molecular weight excluding hydrogens is 370 g/mol. The Morgan fingerprint density at radius 2 is 1.64 bits per heavy atom. The predicted molar refractivity (Wildman–Crippen MR) is 117 cm³/mol. The largest absolute Gasteiger partial charge is 0.372 e. The zero-order valence-corrected chi connectivity index (χ0v) is 16.7. The Morgan fingerprint density at radius 1 is 0.857 bits per heavy atom. The number of aromatic nitrogens is 2. The topological polar surface area (TPSA) is 53.1 Å². The number of benzene rings is 2. The van der Waals surface area contributed by atoms with E-state index < -0.39 is 0 Å². The Hall–Kier alpha value is -2.79. The Bertz CT molecular complexity index is 936. The van der Waals surface area contributed by atoms with Gasteiger partial charge in [0.05, 0.1) is 0 Å². The SMILES string of the molecule is Cc1cc(Nc2ccc(N3CCCCC3)cc2)nc(Nc2cccc(Cl)c2)n1. The first-order valence-electron chi connectivity index (χ1n) is 9.66. The number of nitrogens with one attached hydrogen (secondary N) is 2. The highest BCUT2D eigenvalue weighted by Crippen LogP contribution is 2.24. The van der Waals surface area contributed by atoms with Gasteiger partial charge in [0.25, 0.3) is 0 Å². The zero-order valence-electron chi connectivity index (χ0n) is 16.0. The second-order valence-corrected chi connectivity index (χ2v) is 7.51. The lowest BCUT2D eigenvalue weighted by atomic mass is 10.1. The molecule has 144 valence electrons. The van der Waals surface area contributed by atoms with Gasteiger partial charge in [0.2, 0.25) is 5.95 Å². The van der Waals surface area contributed by atoms with Crippen LogP contribution in [-0.4, -0.2) is 23.1 Å². The van der Waals surface area contributed by atoms with Crippen molar-refractivity contribution in [3.8, 4) is 0 Å². The number of hydrogen-bond acceptors (Lipinski definition) is 5. The predicted octanol–water partition coefficient (Wildman–Crippen LogP) is 5.92. The Kier molecular flexibility index (Phi) is 5.63. The van der Waals surface area contributed by atoms with Crippen LogP contribution in [0.25, 0.3) is 0 Å². The van der Waals surface area contributed by atoms with Gasteiger partial charge in [-0.1, -0.05) is 17.7 Å². The van der Waals surface area contributed by atoms with Gasteiger partial charge in [-0.2, -0.15) is 4.98 Å². The van der Waals surface area contributed by atoms with Crippen LogP contribution in [0.2, 0.25) is 5.02 Å². The molecular formula is C22H24ClN5. The molecule has 0 atom stereocenters. The van der Waals surface area contributed by atoms with E-state index in [1.807, 2.05) is 37.3 Å². The fraction of sp³-hybridized carbons (Fsp3) is 0.273. The highest BCUT2D eigenvalue weighted by atomic mass is 35.5. The molecule has 6 heteroatoms. The number of hydrogen-bond donors (Lipinski definition) is 2. The summed E-state index contributed by atoms with van der Waals surface area (Å²) in [4.78, 5) is 11.5. The van der Waals surface area contributed by atoms with Crippen LogP contribution in [0.1, 0.15) is 25.0 Å². The van der Waals surface area contributed by atoms with Crippen molar-refractivity contribution in [1.29, 1.82) is 0 Å². The van der Waals surface area contributed by atoms with Gasteiger partial charge in [-0.05, 0) is 68.7 Å². The summed E-state index contributed by atoms with van der Waals surface area (Å²) in [6.45, 7) is 4.25. The third-order valence-corrected chi connectivity index (χ3v) is 5.03. The Morgan fingerprint density at radius 3 is 2.39 bits per heavy atom. The lowest BCUT2D eigenvalue weighted by Crippen LogP contribution is -2.29. The van der Waals surface area contributed by atoms with E-state index in [0.29, 0.717) is 11.0 Å². The molecule has 0 spiro atoms. The maximum atomic E-state index is 6.05. The molecule has 0 aliphatic carbocycles. The number of aryl methyl sites for hydroxylation is 1. The molecule has 2 aromatic carbocycles. The molecule has 2 heterocycles. The standard InChI is InChI=1S/C22H24ClN5/c1-16-14-21(27-22(24-16)26-19-7-5-6-17(23)15-19)25-18-8-10-20(11-9-18)28-12-3-2-4-13-28/h5-11,14-15H,2-4,12-13H2,1H3,(H2,24,25,26,27). The van der Waals surface area contributed by atoms with Gasteiger partial charge in [0, 0.05) is 46.9 Å². The molecule has 1 aromatic heterocycles. The molecule has 0 radical (unpaired) electrons. The summed E-state index contributed by atoms with van der Waals surface area (Å²) in [6.07, 6.45) is 3.90. The first-order valence-corrected chi connectivity index (χ1v) is 10.0. The van der Waals surface area contributed by atoms with Crippen molar-refractivity contribution in [2.24, 2.45) is 0 Å². The summed E-state index contributed by atoms with van der Waals surface area (Å²) in [5, 5.41) is 7.26. The summed E-state index contributed by atoms with van der Waals surface area (Å²) in [5.74, 6) is 1.29. The van der Waals surface area contributed by atoms with Crippen LogP contribution in [0.4, 0.5) is 28.8 Å². The highest BCUT2D eigenvalue weighted by molar-refractivity contribution is 6.30. The molecule has 3 aromatic rings. The first-order chi connectivity index (χ1) is 13.7. The quantitative estimate of drug-likeness (QED) is 0.563. The van der Waals surface area contributed by atoms with Crippen LogP contribution in [-0.2, 0) is 0 Å². The minimum atomic E-state index is 0.537. The van der Waals surface area contributed by atoms with E-state index in [1.54, 1.807) is 0 Å². The number of anilines is 5. The van der Waals surface area contributed by atoms with E-state index in [9.17, 15) is 0 Å². The Labute approximate surface area is 170 Å². The van der Waals surface area contributed by atoms with E-state index >= 15 is 0 Å². The minimum Gasteiger partial charge on any atom is -0.372 e. The van der Waals surface area contributed by atoms with Gasteiger partial charge < -0.3 is 15.5 Å². The third-order valence-electron chi connectivity index (χ3n) is 4.80. The van der Waals surface area contributed by atoms with Gasteiger partial charge in [-0.25, -0.2) is 4.98 Å². The number of piperidine rings is 1. The second-order valence-electron chi connectivity index (χ2n) is 7.07. The lowest BCUT2D eigenvalue weighted by Gasteiger charge is -2.28. The molecule has 0 bridgehead atoms. The monoisotopic (exact) mass is 393 g/mol. The van der Waals surface area contributed by atoms with Crippen LogP contribution >= 0.6 is 11.6 Å². The second kappa shape index (κ2) is 8.48. The summed E-state index contributed by atoms with van der Waals surface area (Å²) >= 11 is 6.05. The van der Waals surface area contributed by atoms with E-state index in [2.05, 4.69) is 49.8 Å². The molecule has 4 rings (SSSR count). The summed E-state index contributed by atoms with van der Waals surface area (Å²) < 4.78 is 0. The average molecular weight is 394 g/mol. The summed E-state index contributed by atoms with van der Waals surface area (Å²) in [5.41, 5.74) is 4.03. The Balaban J connectivity index is 1.47. The summed E-state index contributed by atoms with van der Waals surface area (Å²) in [6, 6.07) is 18.0. The van der Waals surface area contributed by atoms with Gasteiger partial charge in [0.1, 0.15) is 5.82 Å². The van der Waals surface area contributed by atoms with Crippen molar-refractivity contribution in [2.75, 3.05) is 28.6 Å². The van der Waals surface area contributed by atoms with Gasteiger partial charge in [0.15, 0.2) is 0 Å². The molecule has 1 saturated heterocycles. The smallest absolute Gasteiger partial charge is 0.229 e. The number of halogens is 1. The molecule has 1 aliphatic heterocycles. The molecule has 28 heavy (non-hydrogen) atoms. The first kappa shape index (κ1) is 18.6. The fourth-order valence-corrected chi connectivity index (χ4v) is 3.63. The van der Waals surface area contributed by atoms with Crippen molar-refractivity contribution in [3.63, 3.8) is 0 Å². The molecule has 0 unspecified atom stereocenters. The lowest BCUT2D eigenvalue weighted by molar-refractivity contribution is 0.578. The van der Waals surface area contributed by atoms with Crippen molar-refractivity contribution in [2.45, 2.75) is 26.2 Å². The zero-order chi connectivity index (χ0) is 19.3. The molecule has 0 amide bonds. The maximum absolute atomic E-state index is 6.05. The molecule has 0 saturated carbocycles. The van der Waals surface area contributed by atoms with E-state index in [1.165, 1.54) is 24.9 Å². The molecule has 1 fully saturated rings. The van der Waals surface area contributed by atoms with Crippen molar-refractivity contribution >= 4 is 40.4 Å². The molecule has 2 N–H and O–H groups in total. The van der Waals surface area contributed by atoms with Crippen molar-refractivity contribution in [1.82, 2.24) is 9.97 Å². The van der Waals surface area contributed by atoms with Crippen molar-refractivity contribution in [3.05, 3.63) is 65.3 Å². The van der Waals surface area contributed by atoms with E-state index in [-0.39, 0.29) is 0 Å². The van der Waals surface area contributed by atoms with Gasteiger partial charge in [-0.15, -0.1) is 0 Å². The number of rotatable bonds is 5. The van der Waals surface area contributed by atoms with Gasteiger partial charge >= 0.3 is 0 Å². The third kappa shape index (κ3) is 4.73. The fourth-order valence-electron chi connectivity index (χ4n) is 3.44. The van der Waals surface area contributed by atoms with Crippen LogP contribution in [0, 0.1) is 6.92 Å².